The van der Waals surface area contributed by atoms with Gasteiger partial charge in [-0.05, 0) is 31.2 Å². The van der Waals surface area contributed by atoms with Crippen LogP contribution in [0.25, 0.3) is 16.6 Å². The molecule has 0 saturated carbocycles. The molecule has 1 aromatic heterocycles. The molecular formula is C19H18N2O4S. The maximum atomic E-state index is 13.2. The fourth-order valence-corrected chi connectivity index (χ4v) is 3.54. The molecule has 6 nitrogen and oxygen atoms in total. The van der Waals surface area contributed by atoms with E-state index in [9.17, 15) is 9.59 Å². The Bertz CT molecular complexity index is 1020. The number of ether oxygens (including phenoxy) is 2. The van der Waals surface area contributed by atoms with Crippen molar-refractivity contribution in [2.75, 3.05) is 14.2 Å². The van der Waals surface area contributed by atoms with Gasteiger partial charge in [0.1, 0.15) is 11.0 Å². The molecule has 0 fully saturated rings. The van der Waals surface area contributed by atoms with Crippen LogP contribution in [0, 0.1) is 0 Å². The molecule has 26 heavy (non-hydrogen) atoms. The van der Waals surface area contributed by atoms with Crippen LogP contribution < -0.4 is 10.3 Å². The third-order valence-electron chi connectivity index (χ3n) is 3.89. The van der Waals surface area contributed by atoms with E-state index in [0.717, 1.165) is 0 Å². The van der Waals surface area contributed by atoms with Gasteiger partial charge in [0.25, 0.3) is 5.56 Å². The molecular weight excluding hydrogens is 352 g/mol. The number of para-hydroxylation sites is 3. The normalized spacial score (nSPS) is 12.0. The quantitative estimate of drug-likeness (QED) is 0.391. The SMILES string of the molecule is COC(=O)[C@H](C)Sc1nc2ccccc2c(=O)n1-c1ccccc1OC. The second-order valence-electron chi connectivity index (χ2n) is 5.51. The van der Waals surface area contributed by atoms with E-state index in [2.05, 4.69) is 4.98 Å². The van der Waals surface area contributed by atoms with Crippen LogP contribution >= 0.6 is 11.8 Å². The number of thioether (sulfide) groups is 1. The number of benzene rings is 2. The first kappa shape index (κ1) is 18.0. The predicted octanol–water partition coefficient (Wildman–Crippen LogP) is 3.05. The molecule has 0 amide bonds. The molecule has 0 radical (unpaired) electrons. The smallest absolute Gasteiger partial charge is 0.318 e. The number of esters is 1. The Morgan fingerprint density at radius 1 is 1.12 bits per heavy atom. The number of aromatic nitrogens is 2. The van der Waals surface area contributed by atoms with Crippen molar-refractivity contribution in [3.63, 3.8) is 0 Å². The highest BCUT2D eigenvalue weighted by atomic mass is 32.2. The van der Waals surface area contributed by atoms with Crippen molar-refractivity contribution in [3.8, 4) is 11.4 Å². The molecule has 7 heteroatoms. The Kier molecular flexibility index (Phi) is 5.27. The first-order valence-corrected chi connectivity index (χ1v) is 8.84. The van der Waals surface area contributed by atoms with Crippen LogP contribution in [0.1, 0.15) is 6.92 Å². The summed E-state index contributed by atoms with van der Waals surface area (Å²) in [6.07, 6.45) is 0. The zero-order valence-electron chi connectivity index (χ0n) is 14.6. The Hall–Kier alpha value is -2.80. The van der Waals surface area contributed by atoms with Crippen LogP contribution in [0.2, 0.25) is 0 Å². The van der Waals surface area contributed by atoms with Gasteiger partial charge in [-0.2, -0.15) is 0 Å². The number of hydrogen-bond acceptors (Lipinski definition) is 6. The number of carbonyl (C=O) groups excluding carboxylic acids is 1. The van der Waals surface area contributed by atoms with Crippen LogP contribution in [0.4, 0.5) is 0 Å². The van der Waals surface area contributed by atoms with Crippen molar-refractivity contribution < 1.29 is 14.3 Å². The highest BCUT2D eigenvalue weighted by Gasteiger charge is 2.21. The molecule has 0 aliphatic heterocycles. The van der Waals surface area contributed by atoms with E-state index < -0.39 is 5.25 Å². The molecule has 1 heterocycles. The molecule has 1 atom stereocenters. The second-order valence-corrected chi connectivity index (χ2v) is 6.82. The van der Waals surface area contributed by atoms with Crippen molar-refractivity contribution in [2.45, 2.75) is 17.3 Å². The van der Waals surface area contributed by atoms with Crippen molar-refractivity contribution in [1.29, 1.82) is 0 Å². The minimum Gasteiger partial charge on any atom is -0.495 e. The van der Waals surface area contributed by atoms with Crippen LogP contribution in [0.15, 0.2) is 58.5 Å². The first-order chi connectivity index (χ1) is 12.6. The zero-order valence-corrected chi connectivity index (χ0v) is 15.4. The molecule has 0 saturated heterocycles. The number of hydrogen-bond donors (Lipinski definition) is 0. The molecule has 0 unspecified atom stereocenters. The fourth-order valence-electron chi connectivity index (χ4n) is 2.59. The average molecular weight is 370 g/mol. The summed E-state index contributed by atoms with van der Waals surface area (Å²) >= 11 is 1.17. The third-order valence-corrected chi connectivity index (χ3v) is 4.92. The lowest BCUT2D eigenvalue weighted by Gasteiger charge is -2.17. The van der Waals surface area contributed by atoms with Crippen molar-refractivity contribution >= 4 is 28.6 Å². The summed E-state index contributed by atoms with van der Waals surface area (Å²) in [6, 6.07) is 14.3. The zero-order chi connectivity index (χ0) is 18.7. The summed E-state index contributed by atoms with van der Waals surface area (Å²) in [5.41, 5.74) is 0.917. The van der Waals surface area contributed by atoms with Gasteiger partial charge in [-0.3, -0.25) is 14.2 Å². The van der Waals surface area contributed by atoms with Crippen LogP contribution in [0.5, 0.6) is 5.75 Å². The molecule has 0 aliphatic carbocycles. The van der Waals surface area contributed by atoms with Gasteiger partial charge in [0, 0.05) is 0 Å². The molecule has 0 bridgehead atoms. The monoisotopic (exact) mass is 370 g/mol. The van der Waals surface area contributed by atoms with E-state index in [1.54, 1.807) is 44.4 Å². The van der Waals surface area contributed by atoms with E-state index in [-0.39, 0.29) is 11.5 Å². The summed E-state index contributed by atoms with van der Waals surface area (Å²) in [5, 5.41) is 0.374. The van der Waals surface area contributed by atoms with Crippen LogP contribution in [0.3, 0.4) is 0 Å². The van der Waals surface area contributed by atoms with E-state index >= 15 is 0 Å². The summed E-state index contributed by atoms with van der Waals surface area (Å²) in [5.74, 6) is 0.156. The van der Waals surface area contributed by atoms with Gasteiger partial charge in [-0.15, -0.1) is 0 Å². The van der Waals surface area contributed by atoms with Gasteiger partial charge in [-0.25, -0.2) is 4.98 Å². The average Bonchev–Trinajstić information content (AvgIpc) is 2.67. The third kappa shape index (κ3) is 3.30. The molecule has 0 spiro atoms. The molecule has 3 rings (SSSR count). The molecule has 2 aromatic carbocycles. The lowest BCUT2D eigenvalue weighted by atomic mass is 10.2. The lowest BCUT2D eigenvalue weighted by molar-refractivity contribution is -0.139. The fraction of sp³-hybridized carbons (Fsp3) is 0.211. The minimum atomic E-state index is -0.519. The van der Waals surface area contributed by atoms with E-state index in [0.29, 0.717) is 27.5 Å². The minimum absolute atomic E-state index is 0.223. The number of rotatable bonds is 5. The number of fused-ring (bicyclic) bond motifs is 1. The maximum Gasteiger partial charge on any atom is 0.318 e. The van der Waals surface area contributed by atoms with Crippen molar-refractivity contribution in [2.24, 2.45) is 0 Å². The summed E-state index contributed by atoms with van der Waals surface area (Å²) in [6.45, 7) is 1.71. The molecule has 134 valence electrons. The number of methoxy groups -OCH3 is 2. The lowest BCUT2D eigenvalue weighted by Crippen LogP contribution is -2.24. The van der Waals surface area contributed by atoms with Gasteiger partial charge < -0.3 is 9.47 Å². The highest BCUT2D eigenvalue weighted by molar-refractivity contribution is 8.00. The molecule has 0 N–H and O–H groups in total. The highest BCUT2D eigenvalue weighted by Crippen LogP contribution is 2.29. The molecule has 0 aliphatic rings. The van der Waals surface area contributed by atoms with Gasteiger partial charge in [0.2, 0.25) is 0 Å². The summed E-state index contributed by atoms with van der Waals surface area (Å²) in [4.78, 5) is 29.6. The van der Waals surface area contributed by atoms with Crippen LogP contribution in [-0.2, 0) is 9.53 Å². The van der Waals surface area contributed by atoms with E-state index in [4.69, 9.17) is 9.47 Å². The molecule has 3 aromatic rings. The van der Waals surface area contributed by atoms with Gasteiger partial charge in [-0.1, -0.05) is 36.0 Å². The second kappa shape index (κ2) is 7.61. The van der Waals surface area contributed by atoms with Gasteiger partial charge >= 0.3 is 5.97 Å². The Morgan fingerprint density at radius 3 is 2.54 bits per heavy atom. The Labute approximate surface area is 154 Å². The van der Waals surface area contributed by atoms with Crippen molar-refractivity contribution in [1.82, 2.24) is 9.55 Å². The maximum absolute atomic E-state index is 13.2. The topological polar surface area (TPSA) is 70.4 Å². The number of nitrogens with zero attached hydrogens (tertiary/aromatic N) is 2. The predicted molar refractivity (Wildman–Crippen MR) is 101 cm³/mol. The van der Waals surface area contributed by atoms with E-state index in [1.807, 2.05) is 18.2 Å². The summed E-state index contributed by atoms with van der Waals surface area (Å²) in [7, 11) is 2.88. The Balaban J connectivity index is 2.28. The number of carbonyl (C=O) groups is 1. The van der Waals surface area contributed by atoms with Gasteiger partial charge in [0.05, 0.1) is 30.8 Å². The van der Waals surface area contributed by atoms with E-state index in [1.165, 1.54) is 23.4 Å². The first-order valence-electron chi connectivity index (χ1n) is 7.96. The van der Waals surface area contributed by atoms with Gasteiger partial charge in [0.15, 0.2) is 5.16 Å². The standard InChI is InChI=1S/C19H18N2O4S/c1-12(18(23)25-3)26-19-20-14-9-5-4-8-13(14)17(22)21(19)15-10-6-7-11-16(15)24-2/h4-12H,1-3H3/t12-/m0/s1. The van der Waals surface area contributed by atoms with Crippen LogP contribution in [-0.4, -0.2) is 35.0 Å². The summed E-state index contributed by atoms with van der Waals surface area (Å²) < 4.78 is 11.7. The Morgan fingerprint density at radius 2 is 1.81 bits per heavy atom. The van der Waals surface area contributed by atoms with Crippen molar-refractivity contribution in [3.05, 3.63) is 58.9 Å². The largest absolute Gasteiger partial charge is 0.495 e.